The minimum atomic E-state index is 0.301. The van der Waals surface area contributed by atoms with E-state index in [1.165, 1.54) is 4.52 Å². The van der Waals surface area contributed by atoms with Crippen LogP contribution in [0.25, 0.3) is 28.3 Å². The number of hydrogen-bond donors (Lipinski definition) is 1. The zero-order chi connectivity index (χ0) is 13.0. The first-order valence-corrected chi connectivity index (χ1v) is 5.75. The van der Waals surface area contributed by atoms with Crippen LogP contribution in [-0.4, -0.2) is 24.1 Å². The summed E-state index contributed by atoms with van der Waals surface area (Å²) in [6, 6.07) is 5.54. The summed E-state index contributed by atoms with van der Waals surface area (Å²) in [7, 11) is 1.91. The number of fused-ring (bicyclic) bond motifs is 3. The predicted octanol–water partition coefficient (Wildman–Crippen LogP) is 1.46. The maximum absolute atomic E-state index is 5.92. The van der Waals surface area contributed by atoms with E-state index in [1.54, 1.807) is 18.4 Å². The standard InChI is InChI=1S/C12H10N6O/c1-17-5-4-7-10(17)15-12(13)18-11(7)14-9(16-18)8-3-2-6-19-8/h2-6H,1H3,(H2,13,15). The van der Waals surface area contributed by atoms with Gasteiger partial charge in [-0.3, -0.25) is 0 Å². The lowest BCUT2D eigenvalue weighted by Gasteiger charge is -1.99. The van der Waals surface area contributed by atoms with Gasteiger partial charge < -0.3 is 14.7 Å². The van der Waals surface area contributed by atoms with Gasteiger partial charge in [0.05, 0.1) is 11.6 Å². The summed E-state index contributed by atoms with van der Waals surface area (Å²) < 4.78 is 8.73. The zero-order valence-corrected chi connectivity index (χ0v) is 10.1. The van der Waals surface area contributed by atoms with Crippen LogP contribution in [0.5, 0.6) is 0 Å². The van der Waals surface area contributed by atoms with E-state index >= 15 is 0 Å². The summed E-state index contributed by atoms with van der Waals surface area (Å²) >= 11 is 0. The van der Waals surface area contributed by atoms with Crippen LogP contribution < -0.4 is 5.73 Å². The molecule has 4 aromatic heterocycles. The van der Waals surface area contributed by atoms with E-state index in [0.29, 0.717) is 23.2 Å². The smallest absolute Gasteiger partial charge is 0.225 e. The highest BCUT2D eigenvalue weighted by atomic mass is 16.3. The van der Waals surface area contributed by atoms with Gasteiger partial charge >= 0.3 is 0 Å². The number of anilines is 1. The monoisotopic (exact) mass is 254 g/mol. The SMILES string of the molecule is Cn1ccc2c1nc(N)n1nc(-c3ccco3)nc21. The fourth-order valence-corrected chi connectivity index (χ4v) is 2.15. The molecule has 4 aromatic rings. The van der Waals surface area contributed by atoms with Crippen molar-refractivity contribution in [1.82, 2.24) is 24.1 Å². The van der Waals surface area contributed by atoms with E-state index in [-0.39, 0.29) is 0 Å². The second kappa shape index (κ2) is 3.35. The highest BCUT2D eigenvalue weighted by Crippen LogP contribution is 2.23. The van der Waals surface area contributed by atoms with Gasteiger partial charge in [-0.05, 0) is 18.2 Å². The van der Waals surface area contributed by atoms with Gasteiger partial charge in [-0.2, -0.15) is 9.50 Å². The van der Waals surface area contributed by atoms with Crippen molar-refractivity contribution < 1.29 is 4.42 Å². The van der Waals surface area contributed by atoms with E-state index in [2.05, 4.69) is 15.1 Å². The lowest BCUT2D eigenvalue weighted by atomic mass is 10.4. The van der Waals surface area contributed by atoms with E-state index < -0.39 is 0 Å². The third-order valence-electron chi connectivity index (χ3n) is 3.07. The lowest BCUT2D eigenvalue weighted by Crippen LogP contribution is -2.03. The molecule has 0 aliphatic rings. The quantitative estimate of drug-likeness (QED) is 0.555. The summed E-state index contributed by atoms with van der Waals surface area (Å²) in [6.07, 6.45) is 3.50. The molecule has 2 N–H and O–H groups in total. The zero-order valence-electron chi connectivity index (χ0n) is 10.1. The van der Waals surface area contributed by atoms with Crippen molar-refractivity contribution in [2.24, 2.45) is 7.05 Å². The highest BCUT2D eigenvalue weighted by molar-refractivity contribution is 5.91. The van der Waals surface area contributed by atoms with Crippen LogP contribution in [0.1, 0.15) is 0 Å². The van der Waals surface area contributed by atoms with Crippen molar-refractivity contribution in [2.75, 3.05) is 5.73 Å². The van der Waals surface area contributed by atoms with E-state index in [1.807, 2.05) is 23.9 Å². The summed E-state index contributed by atoms with van der Waals surface area (Å²) in [6.45, 7) is 0. The molecule has 0 fully saturated rings. The molecule has 0 saturated carbocycles. The van der Waals surface area contributed by atoms with Gasteiger partial charge in [0.2, 0.25) is 11.8 Å². The highest BCUT2D eigenvalue weighted by Gasteiger charge is 2.15. The molecule has 19 heavy (non-hydrogen) atoms. The van der Waals surface area contributed by atoms with Gasteiger partial charge in [0.1, 0.15) is 5.65 Å². The number of nitrogens with two attached hydrogens (primary N) is 1. The average molecular weight is 254 g/mol. The van der Waals surface area contributed by atoms with Crippen LogP contribution in [0.15, 0.2) is 35.1 Å². The second-order valence-corrected chi connectivity index (χ2v) is 4.28. The fourth-order valence-electron chi connectivity index (χ4n) is 2.15. The van der Waals surface area contributed by atoms with Gasteiger partial charge in [-0.25, -0.2) is 4.98 Å². The Balaban J connectivity index is 2.12. The largest absolute Gasteiger partial charge is 0.461 e. The van der Waals surface area contributed by atoms with Crippen LogP contribution in [0.3, 0.4) is 0 Å². The number of hydrogen-bond acceptors (Lipinski definition) is 5. The third-order valence-corrected chi connectivity index (χ3v) is 3.07. The molecule has 94 valence electrons. The van der Waals surface area contributed by atoms with Crippen LogP contribution in [0.2, 0.25) is 0 Å². The van der Waals surface area contributed by atoms with Crippen molar-refractivity contribution in [2.45, 2.75) is 0 Å². The maximum Gasteiger partial charge on any atom is 0.225 e. The van der Waals surface area contributed by atoms with Crippen molar-refractivity contribution >= 4 is 22.6 Å². The molecule has 0 unspecified atom stereocenters. The molecule has 0 atom stereocenters. The molecular weight excluding hydrogens is 244 g/mol. The van der Waals surface area contributed by atoms with Gasteiger partial charge in [0.15, 0.2) is 11.4 Å². The summed E-state index contributed by atoms with van der Waals surface area (Å²) in [5.41, 5.74) is 7.38. The maximum atomic E-state index is 5.92. The van der Waals surface area contributed by atoms with E-state index in [4.69, 9.17) is 10.2 Å². The van der Waals surface area contributed by atoms with E-state index in [9.17, 15) is 0 Å². The minimum absolute atomic E-state index is 0.301. The number of furan rings is 1. The predicted molar refractivity (Wildman–Crippen MR) is 69.4 cm³/mol. The summed E-state index contributed by atoms with van der Waals surface area (Å²) in [5, 5.41) is 5.23. The molecule has 0 bridgehead atoms. The topological polar surface area (TPSA) is 87.2 Å². The number of aryl methyl sites for hydroxylation is 1. The molecule has 4 rings (SSSR count). The summed E-state index contributed by atoms with van der Waals surface area (Å²) in [5.74, 6) is 1.40. The molecule has 7 nitrogen and oxygen atoms in total. The average Bonchev–Trinajstić information content (AvgIpc) is 3.08. The molecule has 0 spiro atoms. The van der Waals surface area contributed by atoms with Crippen molar-refractivity contribution in [3.8, 4) is 11.6 Å². The molecule has 7 heteroatoms. The van der Waals surface area contributed by atoms with Crippen LogP contribution >= 0.6 is 0 Å². The first-order valence-electron chi connectivity index (χ1n) is 5.75. The second-order valence-electron chi connectivity index (χ2n) is 4.28. The van der Waals surface area contributed by atoms with Crippen molar-refractivity contribution in [1.29, 1.82) is 0 Å². The van der Waals surface area contributed by atoms with Crippen molar-refractivity contribution in [3.05, 3.63) is 30.7 Å². The molecule has 0 aliphatic carbocycles. The Labute approximate surface area is 107 Å². The van der Waals surface area contributed by atoms with Gasteiger partial charge in [-0.1, -0.05) is 0 Å². The first-order chi connectivity index (χ1) is 9.24. The lowest BCUT2D eigenvalue weighted by molar-refractivity contribution is 0.577. The van der Waals surface area contributed by atoms with Crippen LogP contribution in [-0.2, 0) is 7.05 Å². The van der Waals surface area contributed by atoms with Gasteiger partial charge in [0.25, 0.3) is 0 Å². The fraction of sp³-hybridized carbons (Fsp3) is 0.0833. The Hall–Kier alpha value is -2.83. The molecule has 0 aliphatic heterocycles. The normalized spacial score (nSPS) is 11.6. The number of nitrogens with zero attached hydrogens (tertiary/aromatic N) is 5. The van der Waals surface area contributed by atoms with Crippen LogP contribution in [0, 0.1) is 0 Å². The molecule has 0 amide bonds. The molecule has 0 saturated heterocycles. The van der Waals surface area contributed by atoms with Crippen molar-refractivity contribution in [3.63, 3.8) is 0 Å². The molecule has 4 heterocycles. The molecule has 0 radical (unpaired) electrons. The van der Waals surface area contributed by atoms with Crippen LogP contribution in [0.4, 0.5) is 5.95 Å². The number of aromatic nitrogens is 5. The van der Waals surface area contributed by atoms with E-state index in [0.717, 1.165) is 11.0 Å². The minimum Gasteiger partial charge on any atom is -0.461 e. The van der Waals surface area contributed by atoms with Gasteiger partial charge in [0, 0.05) is 13.2 Å². The Morgan fingerprint density at radius 1 is 1.21 bits per heavy atom. The number of rotatable bonds is 1. The Morgan fingerprint density at radius 3 is 2.89 bits per heavy atom. The molecule has 0 aromatic carbocycles. The van der Waals surface area contributed by atoms with Gasteiger partial charge in [-0.15, -0.1) is 5.10 Å². The third kappa shape index (κ3) is 1.29. The Kier molecular flexibility index (Phi) is 1.78. The Bertz CT molecular complexity index is 886. The Morgan fingerprint density at radius 2 is 2.11 bits per heavy atom. The molecular formula is C12H10N6O. The first kappa shape index (κ1) is 10.1. The number of nitrogen functional groups attached to an aromatic ring is 1. The summed E-state index contributed by atoms with van der Waals surface area (Å²) in [4.78, 5) is 8.81.